The van der Waals surface area contributed by atoms with Gasteiger partial charge >= 0.3 is 6.18 Å². The van der Waals surface area contributed by atoms with Gasteiger partial charge in [-0.25, -0.2) is 14.4 Å². The molecule has 0 radical (unpaired) electrons. The van der Waals surface area contributed by atoms with Gasteiger partial charge in [-0.2, -0.15) is 18.4 Å². The summed E-state index contributed by atoms with van der Waals surface area (Å²) in [6.07, 6.45) is -3.51. The van der Waals surface area contributed by atoms with E-state index in [1.807, 2.05) is 0 Å². The van der Waals surface area contributed by atoms with E-state index in [9.17, 15) is 27.6 Å². The third-order valence-corrected chi connectivity index (χ3v) is 4.90. The van der Waals surface area contributed by atoms with Gasteiger partial charge in [-0.05, 0) is 31.5 Å². The first-order chi connectivity index (χ1) is 14.0. The predicted molar refractivity (Wildman–Crippen MR) is 100 cm³/mol. The van der Waals surface area contributed by atoms with E-state index in [4.69, 9.17) is 5.73 Å². The molecule has 158 valence electrons. The number of pyridine rings is 2. The standard InChI is InChI=1S/C19H18F4N6O/c1-10-7-13(19(21,22)23)12(8-24)17(27-10)29-6-5-14(25)16(29)18(30)28(2)15-4-3-11(20)9-26-15/h3-4,7,9,14,16H,5-6,25H2,1-2H3/t14-,16+/m1/s1. The Morgan fingerprint density at radius 2 is 2.10 bits per heavy atom. The Morgan fingerprint density at radius 1 is 1.40 bits per heavy atom. The summed E-state index contributed by atoms with van der Waals surface area (Å²) in [5, 5.41) is 9.43. The quantitative estimate of drug-likeness (QED) is 0.763. The van der Waals surface area contributed by atoms with Gasteiger partial charge in [0.25, 0.3) is 5.91 Å². The van der Waals surface area contributed by atoms with Crippen molar-refractivity contribution in [2.45, 2.75) is 31.6 Å². The highest BCUT2D eigenvalue weighted by molar-refractivity contribution is 5.99. The number of alkyl halides is 3. The van der Waals surface area contributed by atoms with Crippen LogP contribution in [-0.4, -0.2) is 41.6 Å². The first-order valence-corrected chi connectivity index (χ1v) is 8.95. The van der Waals surface area contributed by atoms with Crippen LogP contribution in [0, 0.1) is 24.1 Å². The molecule has 1 aliphatic rings. The number of halogens is 4. The van der Waals surface area contributed by atoms with Crippen molar-refractivity contribution in [1.82, 2.24) is 9.97 Å². The fourth-order valence-electron chi connectivity index (χ4n) is 3.45. The molecule has 0 saturated carbocycles. The van der Waals surface area contributed by atoms with E-state index >= 15 is 0 Å². The molecule has 2 aromatic heterocycles. The maximum atomic E-state index is 13.5. The molecule has 1 amide bonds. The normalized spacial score (nSPS) is 18.9. The van der Waals surface area contributed by atoms with Gasteiger partial charge in [0.15, 0.2) is 0 Å². The minimum atomic E-state index is -4.76. The van der Waals surface area contributed by atoms with Gasteiger partial charge in [-0.1, -0.05) is 0 Å². The third-order valence-electron chi connectivity index (χ3n) is 4.90. The number of nitrogens with two attached hydrogens (primary N) is 1. The summed E-state index contributed by atoms with van der Waals surface area (Å²) >= 11 is 0. The highest BCUT2D eigenvalue weighted by Gasteiger charge is 2.43. The Morgan fingerprint density at radius 3 is 2.67 bits per heavy atom. The Kier molecular flexibility index (Phi) is 5.63. The number of aryl methyl sites for hydroxylation is 1. The lowest BCUT2D eigenvalue weighted by molar-refractivity contribution is -0.137. The first kappa shape index (κ1) is 21.4. The molecule has 0 aromatic carbocycles. The lowest BCUT2D eigenvalue weighted by Gasteiger charge is -2.31. The summed E-state index contributed by atoms with van der Waals surface area (Å²) in [4.78, 5) is 23.6. The van der Waals surface area contributed by atoms with Gasteiger partial charge in [0, 0.05) is 25.3 Å². The van der Waals surface area contributed by atoms with Crippen molar-refractivity contribution < 1.29 is 22.4 Å². The number of nitriles is 1. The smallest absolute Gasteiger partial charge is 0.342 e. The summed E-state index contributed by atoms with van der Waals surface area (Å²) in [6.45, 7) is 1.52. The van der Waals surface area contributed by atoms with Crippen molar-refractivity contribution in [3.63, 3.8) is 0 Å². The fraction of sp³-hybridized carbons (Fsp3) is 0.368. The topological polar surface area (TPSA) is 99.1 Å². The van der Waals surface area contributed by atoms with Crippen LogP contribution in [-0.2, 0) is 11.0 Å². The van der Waals surface area contributed by atoms with Crippen LogP contribution in [0.25, 0.3) is 0 Å². The summed E-state index contributed by atoms with van der Waals surface area (Å²) < 4.78 is 53.5. The number of carbonyl (C=O) groups is 1. The second-order valence-corrected chi connectivity index (χ2v) is 6.94. The average molecular weight is 422 g/mol. The second kappa shape index (κ2) is 7.87. The largest absolute Gasteiger partial charge is 0.417 e. The maximum Gasteiger partial charge on any atom is 0.417 e. The number of nitrogens with zero attached hydrogens (tertiary/aromatic N) is 5. The molecule has 1 saturated heterocycles. The van der Waals surface area contributed by atoms with E-state index in [0.29, 0.717) is 6.42 Å². The zero-order valence-electron chi connectivity index (χ0n) is 16.1. The van der Waals surface area contributed by atoms with Crippen LogP contribution in [0.5, 0.6) is 0 Å². The van der Waals surface area contributed by atoms with Gasteiger partial charge in [-0.15, -0.1) is 0 Å². The van der Waals surface area contributed by atoms with Crippen molar-refractivity contribution in [3.8, 4) is 6.07 Å². The summed E-state index contributed by atoms with van der Waals surface area (Å²) in [6, 6.07) is 3.02. The molecule has 0 aliphatic carbocycles. The van der Waals surface area contributed by atoms with Gasteiger partial charge in [0.05, 0.1) is 11.8 Å². The minimum absolute atomic E-state index is 0.0524. The number of likely N-dealkylation sites (N-methyl/N-ethyl adjacent to an activating group) is 1. The zero-order valence-corrected chi connectivity index (χ0v) is 16.1. The van der Waals surface area contributed by atoms with Crippen LogP contribution in [0.2, 0.25) is 0 Å². The van der Waals surface area contributed by atoms with Crippen molar-refractivity contribution in [3.05, 3.63) is 47.0 Å². The highest BCUT2D eigenvalue weighted by Crippen LogP contribution is 2.37. The van der Waals surface area contributed by atoms with Crippen molar-refractivity contribution >= 4 is 17.5 Å². The fourth-order valence-corrected chi connectivity index (χ4v) is 3.45. The van der Waals surface area contributed by atoms with Crippen LogP contribution in [0.1, 0.15) is 23.2 Å². The molecule has 30 heavy (non-hydrogen) atoms. The number of anilines is 2. The van der Waals surface area contributed by atoms with E-state index in [0.717, 1.165) is 23.2 Å². The van der Waals surface area contributed by atoms with Gasteiger partial charge in [0.2, 0.25) is 0 Å². The van der Waals surface area contributed by atoms with Crippen LogP contribution in [0.3, 0.4) is 0 Å². The summed E-state index contributed by atoms with van der Waals surface area (Å²) in [5.74, 6) is -1.23. The van der Waals surface area contributed by atoms with E-state index in [-0.39, 0.29) is 23.9 Å². The summed E-state index contributed by atoms with van der Waals surface area (Å²) in [7, 11) is 1.40. The SMILES string of the molecule is Cc1cc(C(F)(F)F)c(C#N)c(N2CC[C@@H](N)[C@H]2C(=O)N(C)c2ccc(F)cn2)n1. The molecular formula is C19H18F4N6O. The van der Waals surface area contributed by atoms with Crippen LogP contribution in [0.4, 0.5) is 29.2 Å². The molecule has 2 N–H and O–H groups in total. The third kappa shape index (κ3) is 3.91. The zero-order chi connectivity index (χ0) is 22.2. The number of amides is 1. The molecule has 11 heteroatoms. The van der Waals surface area contributed by atoms with E-state index in [2.05, 4.69) is 9.97 Å². The lowest BCUT2D eigenvalue weighted by atomic mass is 10.1. The van der Waals surface area contributed by atoms with E-state index in [1.165, 1.54) is 24.9 Å². The van der Waals surface area contributed by atoms with Crippen LogP contribution >= 0.6 is 0 Å². The summed E-state index contributed by atoms with van der Waals surface area (Å²) in [5.41, 5.74) is 4.37. The lowest BCUT2D eigenvalue weighted by Crippen LogP contribution is -2.52. The number of rotatable bonds is 3. The Labute approximate surface area is 169 Å². The maximum absolute atomic E-state index is 13.5. The van der Waals surface area contributed by atoms with E-state index in [1.54, 1.807) is 6.07 Å². The number of aromatic nitrogens is 2. The Hall–Kier alpha value is -3.26. The van der Waals surface area contributed by atoms with E-state index < -0.39 is 41.1 Å². The molecule has 0 unspecified atom stereocenters. The molecule has 7 nitrogen and oxygen atoms in total. The molecule has 2 atom stereocenters. The Balaban J connectivity index is 2.04. The van der Waals surface area contributed by atoms with Crippen molar-refractivity contribution in [2.24, 2.45) is 5.73 Å². The van der Waals surface area contributed by atoms with Crippen LogP contribution in [0.15, 0.2) is 24.4 Å². The van der Waals surface area contributed by atoms with Crippen molar-refractivity contribution in [1.29, 1.82) is 5.26 Å². The average Bonchev–Trinajstić information content (AvgIpc) is 3.07. The highest BCUT2D eigenvalue weighted by atomic mass is 19.4. The molecule has 3 heterocycles. The Bertz CT molecular complexity index is 1000. The number of carbonyl (C=O) groups excluding carboxylic acids is 1. The van der Waals surface area contributed by atoms with Crippen molar-refractivity contribution in [2.75, 3.05) is 23.4 Å². The van der Waals surface area contributed by atoms with Gasteiger partial charge in [0.1, 0.15) is 35.1 Å². The molecule has 1 aliphatic heterocycles. The van der Waals surface area contributed by atoms with Gasteiger partial charge < -0.3 is 10.6 Å². The monoisotopic (exact) mass is 422 g/mol. The second-order valence-electron chi connectivity index (χ2n) is 6.94. The molecule has 2 aromatic rings. The molecule has 3 rings (SSSR count). The molecule has 0 bridgehead atoms. The number of hydrogen-bond acceptors (Lipinski definition) is 6. The molecule has 0 spiro atoms. The van der Waals surface area contributed by atoms with Crippen LogP contribution < -0.4 is 15.5 Å². The number of hydrogen-bond donors (Lipinski definition) is 1. The first-order valence-electron chi connectivity index (χ1n) is 8.95. The molecule has 1 fully saturated rings. The minimum Gasteiger partial charge on any atom is -0.342 e. The predicted octanol–water partition coefficient (Wildman–Crippen LogP) is 2.38. The molecular weight excluding hydrogens is 404 g/mol. The van der Waals surface area contributed by atoms with Gasteiger partial charge in [-0.3, -0.25) is 9.69 Å².